The van der Waals surface area contributed by atoms with Crippen LogP contribution in [0.3, 0.4) is 0 Å². The highest BCUT2D eigenvalue weighted by atomic mass is 15.0. The van der Waals surface area contributed by atoms with Gasteiger partial charge in [-0.2, -0.15) is 0 Å². The first-order valence-electron chi connectivity index (χ1n) is 23.3. The Morgan fingerprint density at radius 3 is 1.13 bits per heavy atom. The molecule has 1 aromatic heterocycles. The lowest BCUT2D eigenvalue weighted by Crippen LogP contribution is -2.44. The average Bonchev–Trinajstić information content (AvgIpc) is 3.72. The molecule has 13 rings (SSSR count). The average molecular weight is 866 g/mol. The van der Waals surface area contributed by atoms with Gasteiger partial charge in [0.1, 0.15) is 0 Å². The van der Waals surface area contributed by atoms with Crippen LogP contribution in [0, 0.1) is 0 Å². The molecule has 318 valence electrons. The number of fused-ring (bicyclic) bond motifs is 9. The fraction of sp³-hybridized carbons (Fsp3) is 0.0308. The first-order valence-corrected chi connectivity index (χ1v) is 23.3. The maximum atomic E-state index is 5.14. The summed E-state index contributed by atoms with van der Waals surface area (Å²) in [7, 11) is 0. The van der Waals surface area contributed by atoms with E-state index in [0.717, 1.165) is 38.9 Å². The maximum Gasteiger partial charge on any atom is 0.164 e. The number of benzene rings is 10. The van der Waals surface area contributed by atoms with Crippen LogP contribution in [0.25, 0.3) is 67.5 Å². The molecule has 0 bridgehead atoms. The van der Waals surface area contributed by atoms with E-state index in [9.17, 15) is 0 Å². The van der Waals surface area contributed by atoms with Crippen LogP contribution in [-0.4, -0.2) is 15.0 Å². The van der Waals surface area contributed by atoms with Crippen molar-refractivity contribution in [1.29, 1.82) is 0 Å². The Morgan fingerprint density at radius 2 is 0.559 bits per heavy atom. The minimum atomic E-state index is -0.574. The molecule has 3 nitrogen and oxygen atoms in total. The van der Waals surface area contributed by atoms with Crippen molar-refractivity contribution in [2.45, 2.75) is 10.8 Å². The van der Waals surface area contributed by atoms with Crippen molar-refractivity contribution in [1.82, 2.24) is 15.0 Å². The highest BCUT2D eigenvalue weighted by Gasteiger charge is 2.56. The third-order valence-electron chi connectivity index (χ3n) is 14.3. The van der Waals surface area contributed by atoms with Crippen molar-refractivity contribution < 1.29 is 0 Å². The van der Waals surface area contributed by atoms with Crippen LogP contribution in [-0.2, 0) is 10.8 Å². The summed E-state index contributed by atoms with van der Waals surface area (Å²) in [6, 6.07) is 94.6. The Hall–Kier alpha value is -8.79. The van der Waals surface area contributed by atoms with Gasteiger partial charge in [-0.1, -0.05) is 249 Å². The van der Waals surface area contributed by atoms with Crippen LogP contribution in [0.1, 0.15) is 44.5 Å². The van der Waals surface area contributed by atoms with Gasteiger partial charge in [-0.25, -0.2) is 15.0 Å². The van der Waals surface area contributed by atoms with Gasteiger partial charge >= 0.3 is 0 Å². The zero-order chi connectivity index (χ0) is 45.1. The van der Waals surface area contributed by atoms with E-state index >= 15 is 0 Å². The Bertz CT molecular complexity index is 3570. The molecule has 1 heterocycles. The van der Waals surface area contributed by atoms with Crippen molar-refractivity contribution in [3.05, 3.63) is 305 Å². The second-order valence-corrected chi connectivity index (χ2v) is 17.8. The first-order chi connectivity index (χ1) is 33.7. The standard InChI is InChI=1S/C65H43N3/c1-5-20-44(21-6-1)48-24-19-25-50(42-48)63-67-61(46-22-7-2-8-23-46)66-62(68-63)47-38-36-45(37-39-47)49-40-41-54-53-30-13-14-31-55(53)65(60(54)43-49)58-34-17-15-32-56(58)64(51-26-9-3-10-27-51,52-28-11-4-12-29-52)57-33-16-18-35-59(57)65/h1-43H. The molecule has 1 spiro atoms. The van der Waals surface area contributed by atoms with Crippen LogP contribution in [0.15, 0.2) is 261 Å². The molecule has 0 unspecified atom stereocenters. The molecule has 0 atom stereocenters. The molecule has 0 radical (unpaired) electrons. The molecule has 10 aromatic carbocycles. The lowest BCUT2D eigenvalue weighted by molar-refractivity contribution is 0.624. The van der Waals surface area contributed by atoms with Gasteiger partial charge in [0.25, 0.3) is 0 Å². The summed E-state index contributed by atoms with van der Waals surface area (Å²) in [4.78, 5) is 15.3. The summed E-state index contributed by atoms with van der Waals surface area (Å²) in [5.41, 5.74) is 19.1. The molecule has 0 fully saturated rings. The molecular weight excluding hydrogens is 823 g/mol. The van der Waals surface area contributed by atoms with Gasteiger partial charge in [-0.15, -0.1) is 0 Å². The van der Waals surface area contributed by atoms with Crippen LogP contribution >= 0.6 is 0 Å². The Kier molecular flexibility index (Phi) is 9.29. The number of hydrogen-bond acceptors (Lipinski definition) is 3. The van der Waals surface area contributed by atoms with Gasteiger partial charge in [-0.05, 0) is 90.0 Å². The predicted octanol–water partition coefficient (Wildman–Crippen LogP) is 15.3. The van der Waals surface area contributed by atoms with Crippen molar-refractivity contribution in [3.8, 4) is 67.5 Å². The number of aromatic nitrogens is 3. The van der Waals surface area contributed by atoms with E-state index in [1.807, 2.05) is 24.3 Å². The lowest BCUT2D eigenvalue weighted by Gasteiger charge is -2.50. The molecule has 0 N–H and O–H groups in total. The summed E-state index contributed by atoms with van der Waals surface area (Å²) in [5.74, 6) is 1.90. The summed E-state index contributed by atoms with van der Waals surface area (Å²) in [6.07, 6.45) is 0. The third-order valence-corrected chi connectivity index (χ3v) is 14.3. The Balaban J connectivity index is 0.967. The molecule has 2 aliphatic carbocycles. The second-order valence-electron chi connectivity index (χ2n) is 17.8. The predicted molar refractivity (Wildman–Crippen MR) is 276 cm³/mol. The molecule has 0 amide bonds. The summed E-state index contributed by atoms with van der Waals surface area (Å²) >= 11 is 0. The van der Waals surface area contributed by atoms with E-state index in [1.165, 1.54) is 55.6 Å². The van der Waals surface area contributed by atoms with Crippen molar-refractivity contribution >= 4 is 0 Å². The minimum absolute atomic E-state index is 0.550. The smallest absolute Gasteiger partial charge is 0.164 e. The highest BCUT2D eigenvalue weighted by Crippen LogP contribution is 2.64. The Labute approximate surface area is 396 Å². The molecular formula is C65H43N3. The summed E-state index contributed by atoms with van der Waals surface area (Å²) < 4.78 is 0. The lowest BCUT2D eigenvalue weighted by atomic mass is 9.51. The second kappa shape index (κ2) is 16.0. The van der Waals surface area contributed by atoms with Crippen LogP contribution < -0.4 is 0 Å². The topological polar surface area (TPSA) is 38.7 Å². The van der Waals surface area contributed by atoms with Crippen LogP contribution in [0.2, 0.25) is 0 Å². The minimum Gasteiger partial charge on any atom is -0.208 e. The van der Waals surface area contributed by atoms with E-state index in [0.29, 0.717) is 17.5 Å². The molecule has 3 heteroatoms. The van der Waals surface area contributed by atoms with Gasteiger partial charge in [0.15, 0.2) is 17.5 Å². The quantitative estimate of drug-likeness (QED) is 0.160. The third kappa shape index (κ3) is 6.02. The fourth-order valence-electron chi connectivity index (χ4n) is 11.4. The van der Waals surface area contributed by atoms with Gasteiger partial charge in [-0.3, -0.25) is 0 Å². The monoisotopic (exact) mass is 865 g/mol. The molecule has 2 aliphatic rings. The zero-order valence-corrected chi connectivity index (χ0v) is 37.2. The van der Waals surface area contributed by atoms with Crippen LogP contribution in [0.4, 0.5) is 0 Å². The molecule has 11 aromatic rings. The molecule has 68 heavy (non-hydrogen) atoms. The van der Waals surface area contributed by atoms with E-state index in [-0.39, 0.29) is 0 Å². The molecule has 0 saturated heterocycles. The van der Waals surface area contributed by atoms with E-state index in [2.05, 4.69) is 237 Å². The van der Waals surface area contributed by atoms with E-state index in [1.54, 1.807) is 0 Å². The molecule has 0 aliphatic heterocycles. The Morgan fingerprint density at radius 1 is 0.206 bits per heavy atom. The number of hydrogen-bond donors (Lipinski definition) is 0. The molecule has 0 saturated carbocycles. The van der Waals surface area contributed by atoms with Gasteiger partial charge in [0.05, 0.1) is 10.8 Å². The summed E-state index contributed by atoms with van der Waals surface area (Å²) in [6.45, 7) is 0. The largest absolute Gasteiger partial charge is 0.208 e. The zero-order valence-electron chi connectivity index (χ0n) is 37.2. The van der Waals surface area contributed by atoms with Gasteiger partial charge in [0, 0.05) is 16.7 Å². The maximum absolute atomic E-state index is 5.14. The summed E-state index contributed by atoms with van der Waals surface area (Å²) in [5, 5.41) is 0. The van der Waals surface area contributed by atoms with E-state index < -0.39 is 10.8 Å². The van der Waals surface area contributed by atoms with Crippen molar-refractivity contribution in [2.75, 3.05) is 0 Å². The van der Waals surface area contributed by atoms with Crippen molar-refractivity contribution in [3.63, 3.8) is 0 Å². The number of rotatable bonds is 7. The van der Waals surface area contributed by atoms with E-state index in [4.69, 9.17) is 15.0 Å². The number of nitrogens with zero attached hydrogens (tertiary/aromatic N) is 3. The normalized spacial score (nSPS) is 13.5. The van der Waals surface area contributed by atoms with Crippen LogP contribution in [0.5, 0.6) is 0 Å². The SMILES string of the molecule is c1ccc(-c2cccc(-c3nc(-c4ccccc4)nc(-c4ccc(-c5ccc6c(c5)C5(c7ccccc7-6)c6ccccc6C(c6ccccc6)(c6ccccc6)c6ccccc65)cc4)n3)c2)cc1. The first kappa shape index (κ1) is 39.6. The van der Waals surface area contributed by atoms with Gasteiger partial charge in [0.2, 0.25) is 0 Å². The fourth-order valence-corrected chi connectivity index (χ4v) is 11.4. The van der Waals surface area contributed by atoms with Crippen molar-refractivity contribution in [2.24, 2.45) is 0 Å². The van der Waals surface area contributed by atoms with Gasteiger partial charge < -0.3 is 0 Å². The highest BCUT2D eigenvalue weighted by molar-refractivity contribution is 5.91.